The first-order valence-corrected chi connectivity index (χ1v) is 6.86. The van der Waals surface area contributed by atoms with Gasteiger partial charge in [0.15, 0.2) is 0 Å². The molecule has 2 rings (SSSR count). The number of carboxylic acids is 1. The summed E-state index contributed by atoms with van der Waals surface area (Å²) in [5.74, 6) is -1.08. The molecule has 0 aromatic carbocycles. The fourth-order valence-electron chi connectivity index (χ4n) is 2.40. The van der Waals surface area contributed by atoms with Crippen molar-refractivity contribution in [2.24, 2.45) is 0 Å². The van der Waals surface area contributed by atoms with E-state index >= 15 is 0 Å². The van der Waals surface area contributed by atoms with Gasteiger partial charge in [0, 0.05) is 31.4 Å². The number of nitrogens with zero attached hydrogens (tertiary/aromatic N) is 2. The fraction of sp³-hybridized carbons (Fsp3) is 0.615. The average Bonchev–Trinajstić information content (AvgIpc) is 2.89. The summed E-state index contributed by atoms with van der Waals surface area (Å²) in [7, 11) is 0. The van der Waals surface area contributed by atoms with Crippen LogP contribution in [0.3, 0.4) is 0 Å². The van der Waals surface area contributed by atoms with E-state index in [1.165, 1.54) is 6.33 Å². The Morgan fingerprint density at radius 1 is 1.52 bits per heavy atom. The van der Waals surface area contributed by atoms with Crippen molar-refractivity contribution in [3.05, 3.63) is 18.2 Å². The monoisotopic (exact) mass is 296 g/mol. The number of aromatic amines is 1. The van der Waals surface area contributed by atoms with Crippen LogP contribution in [0.4, 0.5) is 4.79 Å². The molecule has 8 nitrogen and oxygen atoms in total. The number of amides is 2. The maximum absolute atomic E-state index is 12.2. The Morgan fingerprint density at radius 3 is 2.71 bits per heavy atom. The van der Waals surface area contributed by atoms with E-state index < -0.39 is 12.0 Å². The van der Waals surface area contributed by atoms with Crippen LogP contribution in [0.1, 0.15) is 19.5 Å². The number of carbonyl (C=O) groups excluding carboxylic acids is 1. The highest BCUT2D eigenvalue weighted by Crippen LogP contribution is 2.11. The molecule has 0 radical (unpaired) electrons. The Balaban J connectivity index is 1.96. The second-order valence-corrected chi connectivity index (χ2v) is 5.28. The van der Waals surface area contributed by atoms with E-state index in [0.29, 0.717) is 18.8 Å². The van der Waals surface area contributed by atoms with Gasteiger partial charge in [-0.25, -0.2) is 14.6 Å². The molecule has 0 aliphatic carbocycles. The number of aliphatic carboxylic acids is 1. The highest BCUT2D eigenvalue weighted by atomic mass is 16.5. The summed E-state index contributed by atoms with van der Waals surface area (Å²) in [6, 6.07) is -1.38. The zero-order valence-corrected chi connectivity index (χ0v) is 12.1. The van der Waals surface area contributed by atoms with Crippen LogP contribution in [-0.4, -0.2) is 63.3 Å². The van der Waals surface area contributed by atoms with Crippen LogP contribution in [0.15, 0.2) is 12.5 Å². The van der Waals surface area contributed by atoms with Crippen molar-refractivity contribution in [2.75, 3.05) is 13.1 Å². The highest BCUT2D eigenvalue weighted by Gasteiger charge is 2.29. The fourth-order valence-corrected chi connectivity index (χ4v) is 2.40. The molecule has 0 saturated carbocycles. The molecule has 21 heavy (non-hydrogen) atoms. The predicted octanol–water partition coefficient (Wildman–Crippen LogP) is 0.224. The van der Waals surface area contributed by atoms with E-state index in [4.69, 9.17) is 4.74 Å². The van der Waals surface area contributed by atoms with Gasteiger partial charge in [0.2, 0.25) is 0 Å². The molecule has 3 N–H and O–H groups in total. The van der Waals surface area contributed by atoms with Crippen LogP contribution < -0.4 is 5.32 Å². The molecule has 3 atom stereocenters. The van der Waals surface area contributed by atoms with Gasteiger partial charge in [0.1, 0.15) is 6.04 Å². The molecule has 1 aliphatic heterocycles. The number of carbonyl (C=O) groups is 2. The van der Waals surface area contributed by atoms with Crippen molar-refractivity contribution < 1.29 is 19.4 Å². The van der Waals surface area contributed by atoms with Crippen molar-refractivity contribution in [3.8, 4) is 0 Å². The number of hydrogen-bond acceptors (Lipinski definition) is 4. The van der Waals surface area contributed by atoms with Crippen molar-refractivity contribution in [3.63, 3.8) is 0 Å². The molecule has 2 amide bonds. The number of H-pyrrole nitrogens is 1. The third kappa shape index (κ3) is 4.19. The zero-order chi connectivity index (χ0) is 15.4. The van der Waals surface area contributed by atoms with Gasteiger partial charge in [0.25, 0.3) is 0 Å². The number of carboxylic acid groups (broad SMARTS) is 1. The molecule has 0 bridgehead atoms. The lowest BCUT2D eigenvalue weighted by Crippen LogP contribution is -2.55. The lowest BCUT2D eigenvalue weighted by molar-refractivity contribution is -0.139. The second-order valence-electron chi connectivity index (χ2n) is 5.28. The standard InChI is InChI=1S/C13H20N4O4/c1-8-5-17(6-9(2)21-8)13(20)16-11(12(18)19)3-10-4-14-7-15-10/h4,7-9,11H,3,5-6H2,1-2H3,(H,14,15)(H,16,20)(H,18,19)/t8-,9+,11?. The van der Waals surface area contributed by atoms with Gasteiger partial charge in [0.05, 0.1) is 18.5 Å². The Morgan fingerprint density at radius 2 is 2.19 bits per heavy atom. The lowest BCUT2D eigenvalue weighted by atomic mass is 10.1. The zero-order valence-electron chi connectivity index (χ0n) is 12.1. The Bertz CT molecular complexity index is 480. The first-order valence-electron chi connectivity index (χ1n) is 6.86. The first-order chi connectivity index (χ1) is 9.95. The van der Waals surface area contributed by atoms with Crippen molar-refractivity contribution >= 4 is 12.0 Å². The molecule has 0 spiro atoms. The van der Waals surface area contributed by atoms with Gasteiger partial charge in [-0.1, -0.05) is 0 Å². The van der Waals surface area contributed by atoms with E-state index in [1.54, 1.807) is 11.1 Å². The van der Waals surface area contributed by atoms with Gasteiger partial charge in [-0.05, 0) is 13.8 Å². The Labute approximate surface area is 122 Å². The molecule has 1 aromatic rings. The van der Waals surface area contributed by atoms with E-state index in [-0.39, 0.29) is 24.7 Å². The highest BCUT2D eigenvalue weighted by molar-refractivity contribution is 5.82. The normalized spacial score (nSPS) is 23.6. The van der Waals surface area contributed by atoms with E-state index in [2.05, 4.69) is 15.3 Å². The quantitative estimate of drug-likeness (QED) is 0.737. The minimum absolute atomic E-state index is 0.0598. The summed E-state index contributed by atoms with van der Waals surface area (Å²) in [6.45, 7) is 4.67. The van der Waals surface area contributed by atoms with Crippen molar-refractivity contribution in [2.45, 2.75) is 38.5 Å². The average molecular weight is 296 g/mol. The van der Waals surface area contributed by atoms with Crippen LogP contribution in [0, 0.1) is 0 Å². The molecule has 1 saturated heterocycles. The number of aromatic nitrogens is 2. The largest absolute Gasteiger partial charge is 0.480 e. The van der Waals surface area contributed by atoms with Crippen molar-refractivity contribution in [1.82, 2.24) is 20.2 Å². The topological polar surface area (TPSA) is 108 Å². The van der Waals surface area contributed by atoms with E-state index in [1.807, 2.05) is 13.8 Å². The predicted molar refractivity (Wildman–Crippen MR) is 73.8 cm³/mol. The van der Waals surface area contributed by atoms with Crippen LogP contribution in [-0.2, 0) is 16.0 Å². The Hall–Kier alpha value is -2.09. The summed E-state index contributed by atoms with van der Waals surface area (Å²) in [4.78, 5) is 31.7. The molecule has 2 heterocycles. The van der Waals surface area contributed by atoms with Crippen LogP contribution in [0.2, 0.25) is 0 Å². The molecular formula is C13H20N4O4. The van der Waals surface area contributed by atoms with Crippen LogP contribution in [0.5, 0.6) is 0 Å². The number of nitrogens with one attached hydrogen (secondary N) is 2. The van der Waals surface area contributed by atoms with Crippen LogP contribution >= 0.6 is 0 Å². The maximum Gasteiger partial charge on any atom is 0.326 e. The summed E-state index contributed by atoms with van der Waals surface area (Å²) >= 11 is 0. The number of urea groups is 1. The van der Waals surface area contributed by atoms with Gasteiger partial charge < -0.3 is 25.0 Å². The van der Waals surface area contributed by atoms with Gasteiger partial charge in [-0.3, -0.25) is 0 Å². The van der Waals surface area contributed by atoms with E-state index in [9.17, 15) is 14.7 Å². The van der Waals surface area contributed by atoms with Gasteiger partial charge in [-0.2, -0.15) is 0 Å². The SMILES string of the molecule is C[C@@H]1CN(C(=O)NC(Cc2cnc[nH]2)C(=O)O)C[C@H](C)O1. The number of rotatable bonds is 4. The summed E-state index contributed by atoms with van der Waals surface area (Å²) in [6.07, 6.45) is 3.06. The number of hydrogen-bond donors (Lipinski definition) is 3. The molecule has 116 valence electrons. The third-order valence-electron chi connectivity index (χ3n) is 3.28. The summed E-state index contributed by atoms with van der Waals surface area (Å²) in [5, 5.41) is 11.8. The summed E-state index contributed by atoms with van der Waals surface area (Å²) < 4.78 is 5.55. The van der Waals surface area contributed by atoms with E-state index in [0.717, 1.165) is 0 Å². The molecule has 1 fully saturated rings. The number of morpholine rings is 1. The molecule has 1 unspecified atom stereocenters. The first kappa shape index (κ1) is 15.3. The number of imidazole rings is 1. The van der Waals surface area contributed by atoms with Gasteiger partial charge in [-0.15, -0.1) is 0 Å². The van der Waals surface area contributed by atoms with Crippen LogP contribution in [0.25, 0.3) is 0 Å². The molecule has 8 heteroatoms. The molecular weight excluding hydrogens is 276 g/mol. The number of ether oxygens (including phenoxy) is 1. The molecule has 1 aromatic heterocycles. The van der Waals surface area contributed by atoms with Gasteiger partial charge >= 0.3 is 12.0 Å². The third-order valence-corrected chi connectivity index (χ3v) is 3.28. The Kier molecular flexibility index (Phi) is 4.79. The smallest absolute Gasteiger partial charge is 0.326 e. The second kappa shape index (κ2) is 6.57. The minimum Gasteiger partial charge on any atom is -0.480 e. The lowest BCUT2D eigenvalue weighted by Gasteiger charge is -2.35. The van der Waals surface area contributed by atoms with Crippen molar-refractivity contribution in [1.29, 1.82) is 0 Å². The minimum atomic E-state index is -1.08. The summed E-state index contributed by atoms with van der Waals surface area (Å²) in [5.41, 5.74) is 0.659. The molecule has 1 aliphatic rings. The maximum atomic E-state index is 12.2.